The number of thiophene rings is 1. The van der Waals surface area contributed by atoms with Crippen LogP contribution >= 0.6 is 11.3 Å². The van der Waals surface area contributed by atoms with Crippen LogP contribution in [0, 0.1) is 0 Å². The molecule has 10 aromatic rings. The van der Waals surface area contributed by atoms with Crippen molar-refractivity contribution in [1.29, 1.82) is 0 Å². The fourth-order valence-electron chi connectivity index (χ4n) is 8.37. The summed E-state index contributed by atoms with van der Waals surface area (Å²) in [6.07, 6.45) is -0.245. The molecule has 0 bridgehead atoms. The average molecular weight is 746 g/mol. The summed E-state index contributed by atoms with van der Waals surface area (Å²) in [5.41, 5.74) is 10.2. The van der Waals surface area contributed by atoms with Gasteiger partial charge in [0.25, 0.3) is 0 Å². The normalized spacial score (nSPS) is 14.1. The van der Waals surface area contributed by atoms with E-state index < -0.39 is 0 Å². The van der Waals surface area contributed by atoms with Crippen LogP contribution < -0.4 is 5.32 Å². The minimum absolute atomic E-state index is 0.245. The van der Waals surface area contributed by atoms with E-state index in [4.69, 9.17) is 9.98 Å². The average Bonchev–Trinajstić information content (AvgIpc) is 3.70. The Labute approximate surface area is 335 Å². The molecule has 1 unspecified atom stereocenters. The SMILES string of the molecule is c1ccc(C2=NC(c3cccc(-c4cccc(-c5cccc(-c6cccc7c6sc6c8ccccc8c8ccccc8c76)c5)c4)c3)=NC(c3ccccc3)N2)cc1. The molecule has 2 heterocycles. The van der Waals surface area contributed by atoms with Crippen molar-refractivity contribution in [2.24, 2.45) is 9.98 Å². The van der Waals surface area contributed by atoms with Gasteiger partial charge in [-0.1, -0.05) is 182 Å². The van der Waals surface area contributed by atoms with Gasteiger partial charge in [0.1, 0.15) is 12.0 Å². The second-order valence-corrected chi connectivity index (χ2v) is 15.6. The first-order valence-electron chi connectivity index (χ1n) is 19.3. The monoisotopic (exact) mass is 745 g/mol. The molecule has 0 saturated heterocycles. The molecule has 9 aromatic carbocycles. The van der Waals surface area contributed by atoms with Gasteiger partial charge in [0.15, 0.2) is 5.84 Å². The van der Waals surface area contributed by atoms with Gasteiger partial charge in [-0.05, 0) is 73.3 Å². The van der Waals surface area contributed by atoms with Crippen molar-refractivity contribution in [1.82, 2.24) is 5.32 Å². The number of hydrogen-bond acceptors (Lipinski definition) is 4. The number of nitrogens with zero attached hydrogens (tertiary/aromatic N) is 2. The van der Waals surface area contributed by atoms with Crippen molar-refractivity contribution >= 4 is 64.7 Å². The van der Waals surface area contributed by atoms with Crippen molar-refractivity contribution in [3.63, 3.8) is 0 Å². The quantitative estimate of drug-likeness (QED) is 0.169. The van der Waals surface area contributed by atoms with E-state index >= 15 is 0 Å². The number of nitrogens with one attached hydrogen (secondary N) is 1. The molecule has 1 aromatic heterocycles. The third kappa shape index (κ3) is 5.90. The lowest BCUT2D eigenvalue weighted by Gasteiger charge is -2.23. The number of aliphatic imine (C=N–C) groups is 2. The Morgan fingerprint density at radius 3 is 1.58 bits per heavy atom. The zero-order valence-corrected chi connectivity index (χ0v) is 31.7. The van der Waals surface area contributed by atoms with Crippen LogP contribution in [0.15, 0.2) is 210 Å². The number of amidine groups is 2. The summed E-state index contributed by atoms with van der Waals surface area (Å²) in [6.45, 7) is 0. The fourth-order valence-corrected chi connectivity index (χ4v) is 9.76. The lowest BCUT2D eigenvalue weighted by molar-refractivity contribution is 0.674. The highest BCUT2D eigenvalue weighted by Gasteiger charge is 2.21. The van der Waals surface area contributed by atoms with E-state index in [9.17, 15) is 0 Å². The molecule has 268 valence electrons. The summed E-state index contributed by atoms with van der Waals surface area (Å²) in [5.74, 6) is 1.53. The molecule has 1 aliphatic heterocycles. The zero-order valence-electron chi connectivity index (χ0n) is 30.9. The maximum Gasteiger partial charge on any atom is 0.159 e. The molecular formula is C53H35N3S. The molecule has 4 heteroatoms. The smallest absolute Gasteiger partial charge is 0.159 e. The first kappa shape index (κ1) is 33.2. The van der Waals surface area contributed by atoms with Crippen molar-refractivity contribution < 1.29 is 0 Å². The van der Waals surface area contributed by atoms with E-state index in [-0.39, 0.29) is 6.17 Å². The molecule has 0 radical (unpaired) electrons. The first-order valence-corrected chi connectivity index (χ1v) is 20.2. The van der Waals surface area contributed by atoms with Crippen LogP contribution in [0.3, 0.4) is 0 Å². The van der Waals surface area contributed by atoms with Gasteiger partial charge in [0.05, 0.1) is 0 Å². The molecular weight excluding hydrogens is 711 g/mol. The number of benzene rings is 9. The Morgan fingerprint density at radius 2 is 0.877 bits per heavy atom. The van der Waals surface area contributed by atoms with E-state index in [1.165, 1.54) is 64.0 Å². The predicted octanol–water partition coefficient (Wildman–Crippen LogP) is 13.9. The van der Waals surface area contributed by atoms with Gasteiger partial charge in [-0.2, -0.15) is 0 Å². The van der Waals surface area contributed by atoms with Crippen LogP contribution in [0.5, 0.6) is 0 Å². The molecule has 0 amide bonds. The van der Waals surface area contributed by atoms with Crippen LogP contribution in [0.4, 0.5) is 0 Å². The maximum absolute atomic E-state index is 5.12. The Hall–Kier alpha value is -7.14. The number of hydrogen-bond donors (Lipinski definition) is 1. The van der Waals surface area contributed by atoms with Gasteiger partial charge in [0, 0.05) is 36.7 Å². The van der Waals surface area contributed by atoms with E-state index in [2.05, 4.69) is 181 Å². The lowest BCUT2D eigenvalue weighted by atomic mass is 9.94. The molecule has 0 saturated carbocycles. The predicted molar refractivity (Wildman–Crippen MR) is 242 cm³/mol. The molecule has 1 N–H and O–H groups in total. The highest BCUT2D eigenvalue weighted by atomic mass is 32.1. The Balaban J connectivity index is 0.972. The van der Waals surface area contributed by atoms with E-state index in [0.29, 0.717) is 5.84 Å². The minimum atomic E-state index is -0.245. The molecule has 57 heavy (non-hydrogen) atoms. The summed E-state index contributed by atoms with van der Waals surface area (Å²) in [5, 5.41) is 11.5. The Morgan fingerprint density at radius 1 is 0.386 bits per heavy atom. The topological polar surface area (TPSA) is 36.8 Å². The van der Waals surface area contributed by atoms with Gasteiger partial charge in [-0.3, -0.25) is 0 Å². The third-order valence-electron chi connectivity index (χ3n) is 11.1. The molecule has 0 spiro atoms. The largest absolute Gasteiger partial charge is 0.344 e. The van der Waals surface area contributed by atoms with Gasteiger partial charge in [-0.25, -0.2) is 9.98 Å². The molecule has 0 aliphatic carbocycles. The molecule has 11 rings (SSSR count). The van der Waals surface area contributed by atoms with Crippen LogP contribution in [0.1, 0.15) is 22.9 Å². The first-order chi connectivity index (χ1) is 28.2. The minimum Gasteiger partial charge on any atom is -0.344 e. The molecule has 3 nitrogen and oxygen atoms in total. The van der Waals surface area contributed by atoms with Crippen LogP contribution in [0.25, 0.3) is 75.1 Å². The summed E-state index contributed by atoms with van der Waals surface area (Å²) in [6, 6.07) is 71.6. The Bertz CT molecular complexity index is 3210. The lowest BCUT2D eigenvalue weighted by Crippen LogP contribution is -2.33. The Kier molecular flexibility index (Phi) is 8.08. The van der Waals surface area contributed by atoms with Gasteiger partial charge >= 0.3 is 0 Å². The summed E-state index contributed by atoms with van der Waals surface area (Å²) < 4.78 is 2.68. The second kappa shape index (κ2) is 13.9. The molecule has 0 fully saturated rings. The van der Waals surface area contributed by atoms with Crippen LogP contribution in [-0.2, 0) is 0 Å². The van der Waals surface area contributed by atoms with Crippen LogP contribution in [0.2, 0.25) is 0 Å². The third-order valence-corrected chi connectivity index (χ3v) is 12.4. The van der Waals surface area contributed by atoms with Gasteiger partial charge in [-0.15, -0.1) is 11.3 Å². The fraction of sp³-hybridized carbons (Fsp3) is 0.0189. The molecule has 1 atom stereocenters. The summed E-state index contributed by atoms with van der Waals surface area (Å²) in [7, 11) is 0. The molecule has 1 aliphatic rings. The maximum atomic E-state index is 5.12. The second-order valence-electron chi connectivity index (χ2n) is 14.6. The van der Waals surface area contributed by atoms with Crippen molar-refractivity contribution in [3.05, 3.63) is 217 Å². The highest BCUT2D eigenvalue weighted by molar-refractivity contribution is 7.27. The number of fused-ring (bicyclic) bond motifs is 8. The zero-order chi connectivity index (χ0) is 37.7. The standard InChI is InChI=1S/C53H35N3S/c1-3-15-34(16-4-1)51-54-52(35-17-5-2-6-18-35)56-53(55-51)41-24-13-22-39(33-41)37-20-11-19-36(31-37)38-21-12-23-40(32-38)42-29-14-30-47-48-45-27-9-7-25-43(45)44-26-8-10-28-46(44)50(48)57-49(42)47/h1-33,51H,(H,54,55,56). The highest BCUT2D eigenvalue weighted by Crippen LogP contribution is 2.47. The van der Waals surface area contributed by atoms with Gasteiger partial charge < -0.3 is 5.32 Å². The van der Waals surface area contributed by atoms with Crippen molar-refractivity contribution in [2.75, 3.05) is 0 Å². The van der Waals surface area contributed by atoms with E-state index in [1.54, 1.807) is 0 Å². The van der Waals surface area contributed by atoms with Crippen LogP contribution in [-0.4, -0.2) is 11.7 Å². The summed E-state index contributed by atoms with van der Waals surface area (Å²) in [4.78, 5) is 10.2. The van der Waals surface area contributed by atoms with Gasteiger partial charge in [0.2, 0.25) is 0 Å². The van der Waals surface area contributed by atoms with E-state index in [1.807, 2.05) is 35.6 Å². The van der Waals surface area contributed by atoms with Crippen molar-refractivity contribution in [3.8, 4) is 33.4 Å². The number of rotatable bonds is 6. The van der Waals surface area contributed by atoms with Crippen molar-refractivity contribution in [2.45, 2.75) is 6.17 Å². The summed E-state index contributed by atoms with van der Waals surface area (Å²) >= 11 is 1.92. The van der Waals surface area contributed by atoms with E-state index in [0.717, 1.165) is 33.7 Å².